The van der Waals surface area contributed by atoms with Gasteiger partial charge in [0.2, 0.25) is 0 Å². The third kappa shape index (κ3) is 23.4. The van der Waals surface area contributed by atoms with Gasteiger partial charge in [0.15, 0.2) is 0 Å². The van der Waals surface area contributed by atoms with E-state index in [1.165, 1.54) is 32.7 Å². The molecule has 0 saturated heterocycles. The van der Waals surface area contributed by atoms with Gasteiger partial charge in [-0.15, -0.1) is 0 Å². The first-order valence-corrected chi connectivity index (χ1v) is 51.8. The quantitative estimate of drug-likeness (QED) is 0.0437. The van der Waals surface area contributed by atoms with Gasteiger partial charge in [0.25, 0.3) is 8.01 Å². The summed E-state index contributed by atoms with van der Waals surface area (Å²) in [7, 11) is -7.31. The lowest BCUT2D eigenvalue weighted by atomic mass is 9.92. The summed E-state index contributed by atoms with van der Waals surface area (Å²) in [6, 6.07) is 102. The largest absolute Gasteiger partial charge is 0.530 e. The summed E-state index contributed by atoms with van der Waals surface area (Å²) in [5, 5.41) is 12.2. The van der Waals surface area contributed by atoms with Crippen molar-refractivity contribution in [2.75, 3.05) is 0 Å². The number of hydrogen-bond donors (Lipinski definition) is 0. The van der Waals surface area contributed by atoms with Crippen LogP contribution in [0, 0.1) is 55.4 Å². The summed E-state index contributed by atoms with van der Waals surface area (Å²) < 4.78 is 75.9. The van der Waals surface area contributed by atoms with Gasteiger partial charge in [-0.1, -0.05) is 337 Å². The zero-order valence-electron chi connectivity index (χ0n) is 82.6. The summed E-state index contributed by atoms with van der Waals surface area (Å²) in [6.07, 6.45) is 0. The molecule has 0 atom stereocenters. The highest BCUT2D eigenvalue weighted by Gasteiger charge is 2.33. The lowest BCUT2D eigenvalue weighted by Gasteiger charge is -2.26. The summed E-state index contributed by atoms with van der Waals surface area (Å²) in [5.41, 5.74) is 21.4. The first-order chi connectivity index (χ1) is 64.8. The molecule has 0 amide bonds. The molecular weight excluding hydrogens is 1750 g/mol. The molecular formula is C121H132O11P4. The molecule has 702 valence electrons. The van der Waals surface area contributed by atoms with Gasteiger partial charge < -0.3 is 49.1 Å². The number of hydrogen-bond acceptors (Lipinski definition) is 11. The second-order valence-electron chi connectivity index (χ2n) is 38.2. The molecule has 0 N–H and O–H groups in total. The maximum atomic E-state index is 7.28. The fourth-order valence-electron chi connectivity index (χ4n) is 17.2. The Hall–Kier alpha value is -12.1. The third-order valence-corrected chi connectivity index (χ3v) is 29.1. The molecule has 17 rings (SSSR count). The van der Waals surface area contributed by atoms with Crippen LogP contribution in [0.25, 0.3) is 81.5 Å². The average molecular weight is 1890 g/mol. The molecule has 0 aliphatic heterocycles. The molecule has 136 heavy (non-hydrogen) atoms. The van der Waals surface area contributed by atoms with Gasteiger partial charge in [0, 0.05) is 21.9 Å². The van der Waals surface area contributed by atoms with E-state index in [4.69, 9.17) is 49.1 Å². The lowest BCUT2D eigenvalue weighted by molar-refractivity contribution is 0.380. The predicted molar refractivity (Wildman–Crippen MR) is 578 cm³/mol. The van der Waals surface area contributed by atoms with Gasteiger partial charge in [0.1, 0.15) is 62.9 Å². The Morgan fingerprint density at radius 1 is 0.206 bits per heavy atom. The Labute approximate surface area is 811 Å². The van der Waals surface area contributed by atoms with Crippen LogP contribution in [-0.2, 0) is 0 Å². The molecule has 11 nitrogen and oxygen atoms in total. The minimum atomic E-state index is -2.11. The van der Waals surface area contributed by atoms with E-state index >= 15 is 0 Å². The van der Waals surface area contributed by atoms with Crippen molar-refractivity contribution in [3.05, 3.63) is 380 Å². The highest BCUT2D eigenvalue weighted by atomic mass is 31.2. The molecule has 0 aliphatic carbocycles. The van der Waals surface area contributed by atoms with Crippen LogP contribution in [-0.4, -0.2) is 0 Å². The van der Waals surface area contributed by atoms with Crippen LogP contribution >= 0.6 is 33.8 Å². The van der Waals surface area contributed by atoms with Gasteiger partial charge in [-0.2, -0.15) is 0 Å². The van der Waals surface area contributed by atoms with Gasteiger partial charge in [0.05, 0.1) is 5.30 Å². The van der Waals surface area contributed by atoms with E-state index in [9.17, 15) is 0 Å². The number of benzene rings is 16. The fraction of sp³-hybridized carbons (Fsp3) is 0.273. The highest BCUT2D eigenvalue weighted by Crippen LogP contribution is 2.57. The van der Waals surface area contributed by atoms with Crippen molar-refractivity contribution in [2.24, 2.45) is 0 Å². The van der Waals surface area contributed by atoms with E-state index in [0.29, 0.717) is 35.2 Å². The minimum absolute atomic E-state index is 0. The van der Waals surface area contributed by atoms with Gasteiger partial charge in [-0.25, -0.2) is 0 Å². The van der Waals surface area contributed by atoms with Crippen molar-refractivity contribution in [1.82, 2.24) is 0 Å². The van der Waals surface area contributed by atoms with E-state index in [0.717, 1.165) is 178 Å². The van der Waals surface area contributed by atoms with Crippen molar-refractivity contribution < 1.29 is 49.1 Å². The molecule has 0 spiro atoms. The lowest BCUT2D eigenvalue weighted by Crippen LogP contribution is -2.08. The van der Waals surface area contributed by atoms with Crippen LogP contribution in [0.5, 0.6) is 51.7 Å². The third-order valence-electron chi connectivity index (χ3n) is 24.5. The number of rotatable bonds is 28. The van der Waals surface area contributed by atoms with Gasteiger partial charge in [-0.3, -0.25) is 0 Å². The molecule has 0 aliphatic rings. The Bertz CT molecular complexity index is 6600. The summed E-state index contributed by atoms with van der Waals surface area (Å²) in [4.78, 5) is 0. The average Bonchev–Trinajstić information content (AvgIpc) is 1.49. The van der Waals surface area contributed by atoms with Gasteiger partial charge in [-0.05, 0) is 308 Å². The SMILES string of the molecule is C.Cc1ccc(C(C)C)c(-p2oc3ccc4ccccc4c3c3c(ccc4ccccc43)o2)c1.Cc1ccc(C(C)C)c(OP(Oc2cc(C)ccc2C(C)C)Oc2cc(C)ccc2C(C)C)c1.Cc1ccc(C(C)C)c(OP(Oc2cc(C)ccc2C(C)C)Oc2ccc3ccccc3c2-c2c(OP(Oc3cc(C)ccc3C(C)C)Oc3cc(C)ccc3C(C)C)ccc3ccccc23)c1. The first kappa shape index (κ1) is 99.9. The van der Waals surface area contributed by atoms with E-state index in [-0.39, 0.29) is 31.1 Å². The maximum absolute atomic E-state index is 7.28. The minimum Gasteiger partial charge on any atom is -0.416 e. The van der Waals surface area contributed by atoms with Crippen molar-refractivity contribution >= 4 is 98.8 Å². The Morgan fingerprint density at radius 2 is 0.404 bits per heavy atom. The van der Waals surface area contributed by atoms with Crippen LogP contribution in [0.3, 0.4) is 0 Å². The molecule has 15 heteroatoms. The topological polar surface area (TPSA) is 109 Å². The van der Waals surface area contributed by atoms with Crippen molar-refractivity contribution in [2.45, 2.75) is 221 Å². The molecule has 1 aromatic heterocycles. The number of fused-ring (bicyclic) bond motifs is 9. The molecule has 0 saturated carbocycles. The molecule has 0 fully saturated rings. The van der Waals surface area contributed by atoms with Crippen LogP contribution < -0.4 is 40.7 Å². The molecule has 16 aromatic carbocycles. The van der Waals surface area contributed by atoms with E-state index in [1.54, 1.807) is 0 Å². The zero-order valence-corrected chi connectivity index (χ0v) is 86.2. The van der Waals surface area contributed by atoms with Crippen molar-refractivity contribution in [3.8, 4) is 68.2 Å². The van der Waals surface area contributed by atoms with E-state index in [2.05, 4.69) is 445 Å². The van der Waals surface area contributed by atoms with Crippen molar-refractivity contribution in [3.63, 3.8) is 0 Å². The Kier molecular flexibility index (Phi) is 32.6. The second-order valence-corrected chi connectivity index (χ2v) is 42.5. The molecule has 0 radical (unpaired) electrons. The monoisotopic (exact) mass is 1880 g/mol. The molecule has 0 unspecified atom stereocenters. The molecule has 17 aromatic rings. The van der Waals surface area contributed by atoms with Crippen LogP contribution in [0.2, 0.25) is 0 Å². The standard InChI is InChI=1S/C60H64O6P2.C30H39O3P.C30H25O2P.CH4/c1-37(2)47-27-21-41(9)33-55(47)63-67(64-56-34-42(10)22-28-48(56)38(3)4)61-53-31-25-45-17-13-15-19-51(45)59(53)60-52-20-16-14-18-46(52)26-32-54(60)62-68(65-57-35-43(11)23-29-49(57)39(5)6)66-58-36-44(12)24-30-50(58)40(7)8;1-19(2)25-13-10-22(7)16-28(25)31-34(32-29-17-23(8)11-14-26(29)20(3)4)33-30-18-24(9)12-15-27(30)21(5)6;1-19(2)23-15-12-20(3)18-28(23)33-31-26-16-13-21-8-4-6-10-24(21)29(26)30-25-11-7-5-9-22(25)14-17-27(30)32-33;/h13-40H,1-12H3;10-21H,1-9H3;4-19H,1-3H3;1H4. The number of aryl methyl sites for hydroxylation is 8. The smallest absolute Gasteiger partial charge is 0.416 e. The highest BCUT2D eigenvalue weighted by molar-refractivity contribution is 7.45. The Balaban J connectivity index is 0.000000181. The summed E-state index contributed by atoms with van der Waals surface area (Å²) >= 11 is 0. The van der Waals surface area contributed by atoms with Gasteiger partial charge >= 0.3 is 25.8 Å². The van der Waals surface area contributed by atoms with Crippen LogP contribution in [0.15, 0.2) is 300 Å². The molecule has 1 heterocycles. The zero-order chi connectivity index (χ0) is 95.7. The van der Waals surface area contributed by atoms with Crippen LogP contribution in [0.1, 0.15) is 255 Å². The van der Waals surface area contributed by atoms with Crippen molar-refractivity contribution in [1.29, 1.82) is 0 Å². The first-order valence-electron chi connectivity index (χ1n) is 47.4. The van der Waals surface area contributed by atoms with Crippen LogP contribution in [0.4, 0.5) is 0 Å². The second kappa shape index (κ2) is 44.4. The van der Waals surface area contributed by atoms with E-state index in [1.807, 2.05) is 12.1 Å². The Morgan fingerprint density at radius 3 is 0.647 bits per heavy atom. The maximum Gasteiger partial charge on any atom is 0.530 e. The molecule has 0 bridgehead atoms. The summed E-state index contributed by atoms with van der Waals surface area (Å²) in [6.45, 7) is 51.6. The summed E-state index contributed by atoms with van der Waals surface area (Å²) in [5.74, 6) is 8.70. The predicted octanol–water partition coefficient (Wildman–Crippen LogP) is 39.3. The normalized spacial score (nSPS) is 11.6. The van der Waals surface area contributed by atoms with E-state index < -0.39 is 33.8 Å². The fourth-order valence-corrected chi connectivity index (χ4v) is 22.2.